The number of amides is 1. The highest BCUT2D eigenvalue weighted by molar-refractivity contribution is 7.21. The number of rotatable bonds is 2. The van der Waals surface area contributed by atoms with E-state index in [1.54, 1.807) is 12.4 Å². The number of carbonyl (C=O) groups excluding carboxylic acids is 1. The number of pyridine rings is 1. The Morgan fingerprint density at radius 1 is 1.19 bits per heavy atom. The van der Waals surface area contributed by atoms with Gasteiger partial charge < -0.3 is 15.6 Å². The number of thiophene rings is 1. The summed E-state index contributed by atoms with van der Waals surface area (Å²) in [6.07, 6.45) is 8.59. The molecule has 4 aromatic rings. The van der Waals surface area contributed by atoms with E-state index in [2.05, 4.69) is 15.0 Å². The minimum Gasteiger partial charge on any atom is -0.396 e. The Morgan fingerprint density at radius 3 is 2.89 bits per heavy atom. The predicted molar refractivity (Wildman–Crippen MR) is 107 cm³/mol. The molecule has 0 bridgehead atoms. The maximum Gasteiger partial charge on any atom is 0.266 e. The molecular formula is C19H18N6OS. The van der Waals surface area contributed by atoms with Crippen LogP contribution in [0.15, 0.2) is 30.7 Å². The molecule has 0 atom stereocenters. The average molecular weight is 378 g/mol. The van der Waals surface area contributed by atoms with E-state index in [0.717, 1.165) is 48.2 Å². The highest BCUT2D eigenvalue weighted by atomic mass is 32.1. The van der Waals surface area contributed by atoms with E-state index >= 15 is 0 Å². The zero-order valence-electron chi connectivity index (χ0n) is 14.6. The number of nitrogen functional groups attached to an aromatic ring is 1. The van der Waals surface area contributed by atoms with Crippen LogP contribution in [0.5, 0.6) is 0 Å². The SMILES string of the molecule is Nc1c(C(=O)N2CCCCC2)sc2nc(-c3cnc4[nH]ccc4c3)cnc12. The summed E-state index contributed by atoms with van der Waals surface area (Å²) in [5.41, 5.74) is 9.71. The van der Waals surface area contributed by atoms with Crippen molar-refractivity contribution in [1.29, 1.82) is 0 Å². The number of piperidine rings is 1. The molecule has 4 aromatic heterocycles. The number of aromatic nitrogens is 4. The summed E-state index contributed by atoms with van der Waals surface area (Å²) >= 11 is 1.32. The summed E-state index contributed by atoms with van der Waals surface area (Å²) < 4.78 is 0. The molecule has 0 aromatic carbocycles. The Bertz CT molecular complexity index is 1160. The topological polar surface area (TPSA) is 101 Å². The van der Waals surface area contributed by atoms with Crippen LogP contribution in [0.1, 0.15) is 28.9 Å². The summed E-state index contributed by atoms with van der Waals surface area (Å²) in [4.78, 5) is 32.6. The molecule has 8 heteroatoms. The van der Waals surface area contributed by atoms with Crippen molar-refractivity contribution >= 4 is 44.3 Å². The Balaban J connectivity index is 1.54. The van der Waals surface area contributed by atoms with Gasteiger partial charge in [-0.25, -0.2) is 15.0 Å². The van der Waals surface area contributed by atoms with Crippen molar-refractivity contribution in [3.05, 3.63) is 35.6 Å². The molecule has 1 amide bonds. The second kappa shape index (κ2) is 6.31. The van der Waals surface area contributed by atoms with E-state index in [-0.39, 0.29) is 5.91 Å². The highest BCUT2D eigenvalue weighted by Gasteiger charge is 2.24. The molecule has 1 aliphatic heterocycles. The monoisotopic (exact) mass is 378 g/mol. The van der Waals surface area contributed by atoms with Crippen LogP contribution in [-0.2, 0) is 0 Å². The van der Waals surface area contributed by atoms with Crippen LogP contribution in [0.3, 0.4) is 0 Å². The molecule has 27 heavy (non-hydrogen) atoms. The number of hydrogen-bond acceptors (Lipinski definition) is 6. The summed E-state index contributed by atoms with van der Waals surface area (Å²) in [6.45, 7) is 1.59. The quantitative estimate of drug-likeness (QED) is 0.556. The first kappa shape index (κ1) is 16.2. The van der Waals surface area contributed by atoms with Crippen molar-refractivity contribution in [2.24, 2.45) is 0 Å². The number of nitrogens with two attached hydrogens (primary N) is 1. The maximum atomic E-state index is 12.8. The molecule has 1 fully saturated rings. The van der Waals surface area contributed by atoms with E-state index in [9.17, 15) is 4.79 Å². The van der Waals surface area contributed by atoms with Crippen molar-refractivity contribution in [1.82, 2.24) is 24.8 Å². The van der Waals surface area contributed by atoms with Crippen molar-refractivity contribution in [2.45, 2.75) is 19.3 Å². The first-order valence-corrected chi connectivity index (χ1v) is 9.80. The lowest BCUT2D eigenvalue weighted by molar-refractivity contribution is 0.0730. The molecule has 5 heterocycles. The van der Waals surface area contributed by atoms with Crippen LogP contribution >= 0.6 is 11.3 Å². The van der Waals surface area contributed by atoms with Gasteiger partial charge in [0.25, 0.3) is 5.91 Å². The number of nitrogens with zero attached hydrogens (tertiary/aromatic N) is 4. The first-order chi connectivity index (χ1) is 13.2. The van der Waals surface area contributed by atoms with Crippen molar-refractivity contribution in [3.63, 3.8) is 0 Å². The maximum absolute atomic E-state index is 12.8. The van der Waals surface area contributed by atoms with E-state index in [0.29, 0.717) is 20.9 Å². The van der Waals surface area contributed by atoms with Gasteiger partial charge in [-0.1, -0.05) is 0 Å². The van der Waals surface area contributed by atoms with Gasteiger partial charge in [0, 0.05) is 36.4 Å². The predicted octanol–water partition coefficient (Wildman–Crippen LogP) is 3.44. The second-order valence-electron chi connectivity index (χ2n) is 6.75. The fourth-order valence-corrected chi connectivity index (χ4v) is 4.53. The van der Waals surface area contributed by atoms with Crippen LogP contribution in [0.25, 0.3) is 32.6 Å². The third-order valence-electron chi connectivity index (χ3n) is 4.97. The average Bonchev–Trinajstić information content (AvgIpc) is 3.31. The number of aromatic amines is 1. The third kappa shape index (κ3) is 2.73. The van der Waals surface area contributed by atoms with Gasteiger partial charge in [-0.3, -0.25) is 4.79 Å². The lowest BCUT2D eigenvalue weighted by atomic mass is 10.1. The van der Waals surface area contributed by atoms with Crippen LogP contribution in [-0.4, -0.2) is 43.8 Å². The molecule has 0 aliphatic carbocycles. The first-order valence-electron chi connectivity index (χ1n) is 8.98. The zero-order chi connectivity index (χ0) is 18.4. The second-order valence-corrected chi connectivity index (χ2v) is 7.75. The molecule has 1 saturated heterocycles. The number of anilines is 1. The standard InChI is InChI=1S/C19H18N6OS/c20-14-15-18(27-16(14)19(26)25-6-2-1-3-7-25)24-13(10-22-15)12-8-11-4-5-21-17(11)23-9-12/h4-5,8-10H,1-3,6-7,20H2,(H,21,23). The summed E-state index contributed by atoms with van der Waals surface area (Å²) in [6, 6.07) is 3.99. The number of H-pyrrole nitrogens is 1. The van der Waals surface area contributed by atoms with Gasteiger partial charge in [0.15, 0.2) is 0 Å². The van der Waals surface area contributed by atoms with E-state index in [1.807, 2.05) is 23.2 Å². The Kier molecular flexibility index (Phi) is 3.78. The van der Waals surface area contributed by atoms with E-state index < -0.39 is 0 Å². The zero-order valence-corrected chi connectivity index (χ0v) is 15.4. The van der Waals surface area contributed by atoms with Gasteiger partial charge in [-0.05, 0) is 31.4 Å². The molecular weight excluding hydrogens is 360 g/mol. The molecule has 0 spiro atoms. The van der Waals surface area contributed by atoms with Gasteiger partial charge >= 0.3 is 0 Å². The van der Waals surface area contributed by atoms with Crippen LogP contribution in [0, 0.1) is 0 Å². The van der Waals surface area contributed by atoms with Crippen LogP contribution < -0.4 is 5.73 Å². The van der Waals surface area contributed by atoms with Crippen LogP contribution in [0.4, 0.5) is 5.69 Å². The Morgan fingerprint density at radius 2 is 2.04 bits per heavy atom. The normalized spacial score (nSPS) is 14.9. The van der Waals surface area contributed by atoms with Crippen molar-refractivity contribution < 1.29 is 4.79 Å². The highest BCUT2D eigenvalue weighted by Crippen LogP contribution is 2.34. The van der Waals surface area contributed by atoms with Crippen LogP contribution in [0.2, 0.25) is 0 Å². The van der Waals surface area contributed by atoms with E-state index in [1.165, 1.54) is 17.8 Å². The number of carbonyl (C=O) groups is 1. The van der Waals surface area contributed by atoms with Gasteiger partial charge in [-0.2, -0.15) is 0 Å². The molecule has 0 radical (unpaired) electrons. The molecule has 5 rings (SSSR count). The molecule has 1 aliphatic rings. The van der Waals surface area contributed by atoms with Gasteiger partial charge in [-0.15, -0.1) is 11.3 Å². The van der Waals surface area contributed by atoms with Gasteiger partial charge in [0.1, 0.15) is 20.9 Å². The number of hydrogen-bond donors (Lipinski definition) is 2. The minimum atomic E-state index is -0.00559. The van der Waals surface area contributed by atoms with Gasteiger partial charge in [0.2, 0.25) is 0 Å². The summed E-state index contributed by atoms with van der Waals surface area (Å²) in [5.74, 6) is -0.00559. The minimum absolute atomic E-state index is 0.00559. The fraction of sp³-hybridized carbons (Fsp3) is 0.263. The molecule has 136 valence electrons. The van der Waals surface area contributed by atoms with Gasteiger partial charge in [0.05, 0.1) is 17.6 Å². The largest absolute Gasteiger partial charge is 0.396 e. The van der Waals surface area contributed by atoms with Crippen molar-refractivity contribution in [2.75, 3.05) is 18.8 Å². The molecule has 7 nitrogen and oxygen atoms in total. The lowest BCUT2D eigenvalue weighted by Gasteiger charge is -2.26. The number of nitrogens with one attached hydrogen (secondary N) is 1. The summed E-state index contributed by atoms with van der Waals surface area (Å²) in [7, 11) is 0. The smallest absolute Gasteiger partial charge is 0.266 e. The van der Waals surface area contributed by atoms with Crippen molar-refractivity contribution in [3.8, 4) is 11.3 Å². The lowest BCUT2D eigenvalue weighted by Crippen LogP contribution is -2.35. The number of likely N-dealkylation sites (tertiary alicyclic amines) is 1. The molecule has 3 N–H and O–H groups in total. The Hall–Kier alpha value is -3.00. The van der Waals surface area contributed by atoms with E-state index in [4.69, 9.17) is 10.7 Å². The molecule has 0 unspecified atom stereocenters. The number of fused-ring (bicyclic) bond motifs is 2. The molecule has 0 saturated carbocycles. The third-order valence-corrected chi connectivity index (χ3v) is 6.05. The summed E-state index contributed by atoms with van der Waals surface area (Å²) in [5, 5.41) is 1.01. The Labute approximate surface area is 159 Å². The fourth-order valence-electron chi connectivity index (χ4n) is 3.51.